The molecule has 1 aliphatic heterocycles. The van der Waals surface area contributed by atoms with E-state index in [-0.39, 0.29) is 5.91 Å². The van der Waals surface area contributed by atoms with E-state index in [1.165, 1.54) is 0 Å². The zero-order valence-electron chi connectivity index (χ0n) is 8.40. The molecule has 1 fully saturated rings. The Labute approximate surface area is 97.6 Å². The molecule has 1 aliphatic carbocycles. The van der Waals surface area contributed by atoms with E-state index in [1.807, 2.05) is 24.3 Å². The predicted octanol–water partition coefficient (Wildman–Crippen LogP) is 1.58. The normalized spacial score (nSPS) is 36.0. The van der Waals surface area contributed by atoms with Gasteiger partial charge in [-0.15, -0.1) is 0 Å². The number of nitrogens with zero attached hydrogens (tertiary/aromatic N) is 1. The minimum absolute atomic E-state index is 0.168. The predicted molar refractivity (Wildman–Crippen MR) is 61.5 cm³/mol. The van der Waals surface area contributed by atoms with Crippen LogP contribution in [0.25, 0.3) is 0 Å². The molecule has 0 saturated carbocycles. The fourth-order valence-electron chi connectivity index (χ4n) is 2.01. The van der Waals surface area contributed by atoms with Crippen molar-refractivity contribution in [2.45, 2.75) is 29.8 Å². The van der Waals surface area contributed by atoms with Crippen molar-refractivity contribution in [2.75, 3.05) is 6.54 Å². The summed E-state index contributed by atoms with van der Waals surface area (Å²) in [6.07, 6.45) is 9.23. The molecule has 0 aromatic heterocycles. The number of carbonyl (C=O) groups excluding carboxylic acids is 1. The van der Waals surface area contributed by atoms with Crippen molar-refractivity contribution >= 4 is 21.8 Å². The fraction of sp³-hybridized carbons (Fsp3) is 0.545. The van der Waals surface area contributed by atoms with E-state index in [9.17, 15) is 9.90 Å². The van der Waals surface area contributed by atoms with Gasteiger partial charge in [0.2, 0.25) is 0 Å². The second-order valence-electron chi connectivity index (χ2n) is 3.96. The molecule has 1 N–H and O–H groups in total. The third-order valence-corrected chi connectivity index (χ3v) is 3.88. The lowest BCUT2D eigenvalue weighted by Gasteiger charge is -2.41. The Morgan fingerprint density at radius 3 is 3.00 bits per heavy atom. The minimum Gasteiger partial charge on any atom is -0.383 e. The molecule has 4 heteroatoms. The number of hydrogen-bond acceptors (Lipinski definition) is 2. The Morgan fingerprint density at radius 1 is 1.53 bits per heavy atom. The number of aliphatic hydroxyl groups excluding tert-OH is 1. The van der Waals surface area contributed by atoms with Gasteiger partial charge in [-0.05, 0) is 18.9 Å². The third-order valence-electron chi connectivity index (χ3n) is 2.86. The maximum Gasteiger partial charge on any atom is 0.252 e. The molecule has 0 aromatic rings. The van der Waals surface area contributed by atoms with Gasteiger partial charge >= 0.3 is 0 Å². The van der Waals surface area contributed by atoms with Crippen molar-refractivity contribution in [3.05, 3.63) is 24.3 Å². The Morgan fingerprint density at radius 2 is 2.33 bits per heavy atom. The molecule has 2 atom stereocenters. The van der Waals surface area contributed by atoms with Gasteiger partial charge in [0.05, 0.1) is 0 Å². The van der Waals surface area contributed by atoms with Crippen molar-refractivity contribution in [2.24, 2.45) is 0 Å². The van der Waals surface area contributed by atoms with Gasteiger partial charge in [0.15, 0.2) is 0 Å². The second-order valence-corrected chi connectivity index (χ2v) is 5.33. The molecule has 1 amide bonds. The first-order valence-electron chi connectivity index (χ1n) is 5.16. The third kappa shape index (κ3) is 2.01. The lowest BCUT2D eigenvalue weighted by Crippen LogP contribution is -2.53. The fourth-order valence-corrected chi connectivity index (χ4v) is 2.70. The van der Waals surface area contributed by atoms with Crippen LogP contribution in [0.2, 0.25) is 0 Å². The average Bonchev–Trinajstić information content (AvgIpc) is 2.23. The number of hydrogen-bond donors (Lipinski definition) is 1. The molecule has 3 nitrogen and oxygen atoms in total. The zero-order chi connectivity index (χ0) is 10.9. The van der Waals surface area contributed by atoms with Crippen LogP contribution >= 0.6 is 15.9 Å². The summed E-state index contributed by atoms with van der Waals surface area (Å²) in [4.78, 5) is 13.5. The molecular weight excluding hydrogens is 258 g/mol. The molecule has 0 aromatic carbocycles. The largest absolute Gasteiger partial charge is 0.383 e. The molecular formula is C11H14BrNO2. The van der Waals surface area contributed by atoms with Crippen molar-refractivity contribution in [1.82, 2.24) is 4.90 Å². The topological polar surface area (TPSA) is 40.5 Å². The summed E-state index contributed by atoms with van der Waals surface area (Å²) in [7, 11) is 0. The van der Waals surface area contributed by atoms with Crippen LogP contribution in [0.3, 0.4) is 0 Å². The Balaban J connectivity index is 2.18. The summed E-state index contributed by atoms with van der Waals surface area (Å²) < 4.78 is -0.430. The van der Waals surface area contributed by atoms with Crippen LogP contribution in [0.1, 0.15) is 19.3 Å². The van der Waals surface area contributed by atoms with E-state index >= 15 is 0 Å². The highest BCUT2D eigenvalue weighted by Gasteiger charge is 2.39. The van der Waals surface area contributed by atoms with Gasteiger partial charge < -0.3 is 10.0 Å². The summed E-state index contributed by atoms with van der Waals surface area (Å²) in [5.41, 5.74) is 0. The summed E-state index contributed by atoms with van der Waals surface area (Å²) in [5, 5.41) is 9.54. The number of rotatable bonds is 1. The van der Waals surface area contributed by atoms with Gasteiger partial charge in [-0.25, -0.2) is 0 Å². The smallest absolute Gasteiger partial charge is 0.252 e. The molecule has 1 heterocycles. The van der Waals surface area contributed by atoms with Gasteiger partial charge in [-0.3, -0.25) is 4.79 Å². The molecule has 82 valence electrons. The average molecular weight is 272 g/mol. The van der Waals surface area contributed by atoms with Crippen molar-refractivity contribution in [1.29, 1.82) is 0 Å². The van der Waals surface area contributed by atoms with Crippen LogP contribution in [-0.4, -0.2) is 33.0 Å². The summed E-state index contributed by atoms with van der Waals surface area (Å²) in [6.45, 7) is 0.708. The maximum atomic E-state index is 11.8. The number of aliphatic hydroxyl groups is 1. The molecule has 2 rings (SSSR count). The number of allylic oxidation sites excluding steroid dienone is 2. The summed E-state index contributed by atoms with van der Waals surface area (Å²) >= 11 is 3.58. The van der Waals surface area contributed by atoms with E-state index in [2.05, 4.69) is 15.9 Å². The van der Waals surface area contributed by atoms with Gasteiger partial charge in [0.25, 0.3) is 5.91 Å². The van der Waals surface area contributed by atoms with E-state index in [4.69, 9.17) is 0 Å². The molecule has 0 bridgehead atoms. The van der Waals surface area contributed by atoms with E-state index in [1.54, 1.807) is 4.90 Å². The molecule has 0 spiro atoms. The van der Waals surface area contributed by atoms with Gasteiger partial charge in [-0.2, -0.15) is 0 Å². The van der Waals surface area contributed by atoms with Crippen LogP contribution in [-0.2, 0) is 4.79 Å². The van der Waals surface area contributed by atoms with E-state index in [0.29, 0.717) is 13.0 Å². The first-order valence-corrected chi connectivity index (χ1v) is 5.96. The summed E-state index contributed by atoms with van der Waals surface area (Å²) in [6, 6.07) is 0. The van der Waals surface area contributed by atoms with E-state index in [0.717, 1.165) is 12.8 Å². The second kappa shape index (κ2) is 4.10. The van der Waals surface area contributed by atoms with Crippen LogP contribution in [0.5, 0.6) is 0 Å². The highest BCUT2D eigenvalue weighted by molar-refractivity contribution is 9.10. The lowest BCUT2D eigenvalue weighted by molar-refractivity contribution is -0.146. The van der Waals surface area contributed by atoms with Crippen molar-refractivity contribution in [3.8, 4) is 0 Å². The quantitative estimate of drug-likeness (QED) is 0.581. The Kier molecular flexibility index (Phi) is 2.98. The first kappa shape index (κ1) is 10.9. The Hall–Kier alpha value is -0.610. The number of piperidine rings is 1. The SMILES string of the molecule is O=C1C(O)CCCN1C1(Br)C=CC=CC1. The van der Waals surface area contributed by atoms with Crippen LogP contribution < -0.4 is 0 Å². The molecule has 1 saturated heterocycles. The standard InChI is InChI=1S/C11H14BrNO2/c12-11(6-2-1-3-7-11)13-8-4-5-9(14)10(13)15/h1-3,6,9,14H,4-5,7-8H2. The van der Waals surface area contributed by atoms with Crippen LogP contribution in [0, 0.1) is 0 Å². The van der Waals surface area contributed by atoms with Crippen molar-refractivity contribution < 1.29 is 9.90 Å². The van der Waals surface area contributed by atoms with Crippen LogP contribution in [0.15, 0.2) is 24.3 Å². The number of amides is 1. The lowest BCUT2D eigenvalue weighted by atomic mass is 10.0. The molecule has 2 unspecified atom stereocenters. The molecule has 0 radical (unpaired) electrons. The van der Waals surface area contributed by atoms with Gasteiger partial charge in [0, 0.05) is 13.0 Å². The van der Waals surface area contributed by atoms with Gasteiger partial charge in [-0.1, -0.05) is 34.2 Å². The highest BCUT2D eigenvalue weighted by atomic mass is 79.9. The monoisotopic (exact) mass is 271 g/mol. The highest BCUT2D eigenvalue weighted by Crippen LogP contribution is 2.34. The maximum absolute atomic E-state index is 11.8. The van der Waals surface area contributed by atoms with E-state index < -0.39 is 10.6 Å². The first-order chi connectivity index (χ1) is 7.13. The number of alkyl halides is 1. The number of likely N-dealkylation sites (tertiary alicyclic amines) is 1. The molecule has 15 heavy (non-hydrogen) atoms. The number of carbonyl (C=O) groups is 1. The molecule has 2 aliphatic rings. The van der Waals surface area contributed by atoms with Gasteiger partial charge in [0.1, 0.15) is 10.6 Å². The zero-order valence-corrected chi connectivity index (χ0v) is 9.98. The Bertz CT molecular complexity index is 327. The van der Waals surface area contributed by atoms with Crippen LogP contribution in [0.4, 0.5) is 0 Å². The minimum atomic E-state index is -0.826. The van der Waals surface area contributed by atoms with Crippen molar-refractivity contribution in [3.63, 3.8) is 0 Å². The summed E-state index contributed by atoms with van der Waals surface area (Å²) in [5.74, 6) is -0.168. The number of halogens is 1.